The average molecular weight is 306 g/mol. The van der Waals surface area contributed by atoms with Crippen molar-refractivity contribution in [3.05, 3.63) is 90.0 Å². The number of ketones is 1. The summed E-state index contributed by atoms with van der Waals surface area (Å²) in [5, 5.41) is 9.65. The van der Waals surface area contributed by atoms with Gasteiger partial charge in [-0.05, 0) is 30.5 Å². The molecule has 0 amide bonds. The molecule has 23 heavy (non-hydrogen) atoms. The predicted octanol–water partition coefficient (Wildman–Crippen LogP) is 4.40. The Morgan fingerprint density at radius 3 is 1.87 bits per heavy atom. The Labute approximate surface area is 137 Å². The molecule has 2 rings (SSSR count). The first kappa shape index (κ1) is 16.9. The van der Waals surface area contributed by atoms with Crippen LogP contribution in [-0.2, 0) is 4.79 Å². The van der Waals surface area contributed by atoms with Crippen LogP contribution in [-0.4, -0.2) is 16.5 Å². The van der Waals surface area contributed by atoms with Crippen molar-refractivity contribution in [2.75, 3.05) is 0 Å². The molecule has 2 aromatic rings. The van der Waals surface area contributed by atoms with Crippen LogP contribution in [0.15, 0.2) is 78.9 Å². The number of Topliss-reactive ketones (excluding diaryl/α,β-unsaturated/α-hetero) is 1. The number of aliphatic hydroxyl groups is 1. The molecule has 2 nitrogen and oxygen atoms in total. The van der Waals surface area contributed by atoms with Crippen LogP contribution in [0.2, 0.25) is 0 Å². The first-order valence-electron chi connectivity index (χ1n) is 7.72. The van der Waals surface area contributed by atoms with Crippen LogP contribution in [0.1, 0.15) is 31.4 Å². The summed E-state index contributed by atoms with van der Waals surface area (Å²) in [6.07, 6.45) is 5.88. The summed E-state index contributed by atoms with van der Waals surface area (Å²) in [4.78, 5) is 11.7. The third kappa shape index (κ3) is 5.04. The molecule has 0 saturated heterocycles. The van der Waals surface area contributed by atoms with E-state index >= 15 is 0 Å². The minimum absolute atomic E-state index is 0.192. The standard InChI is InChI=1S/C21H22O2/c1-21(2,23)20(22)16-10-9-15-19(17-11-5-3-6-12-17)18-13-7-4-8-14-18/h3-15,23H,16H2,1-2H3/b10-9+. The Morgan fingerprint density at radius 2 is 1.43 bits per heavy atom. The van der Waals surface area contributed by atoms with E-state index in [0.29, 0.717) is 0 Å². The van der Waals surface area contributed by atoms with Gasteiger partial charge in [-0.25, -0.2) is 0 Å². The van der Waals surface area contributed by atoms with Gasteiger partial charge in [-0.3, -0.25) is 4.79 Å². The molecule has 0 aliphatic heterocycles. The molecule has 0 unspecified atom stereocenters. The zero-order chi connectivity index (χ0) is 16.7. The Balaban J connectivity index is 2.23. The lowest BCUT2D eigenvalue weighted by molar-refractivity contribution is -0.133. The van der Waals surface area contributed by atoms with Gasteiger partial charge in [0.15, 0.2) is 5.78 Å². The second-order valence-corrected chi connectivity index (χ2v) is 5.93. The zero-order valence-corrected chi connectivity index (χ0v) is 13.6. The van der Waals surface area contributed by atoms with E-state index < -0.39 is 5.60 Å². The van der Waals surface area contributed by atoms with E-state index in [9.17, 15) is 9.90 Å². The Bertz CT molecular complexity index is 648. The fourth-order valence-corrected chi connectivity index (χ4v) is 2.18. The first-order valence-corrected chi connectivity index (χ1v) is 7.72. The summed E-state index contributed by atoms with van der Waals surface area (Å²) in [6, 6.07) is 20.3. The molecule has 118 valence electrons. The predicted molar refractivity (Wildman–Crippen MR) is 95.0 cm³/mol. The number of carbonyl (C=O) groups excluding carboxylic acids is 1. The highest BCUT2D eigenvalue weighted by Crippen LogP contribution is 2.23. The number of allylic oxidation sites excluding steroid dienone is 3. The lowest BCUT2D eigenvalue weighted by Gasteiger charge is -2.13. The van der Waals surface area contributed by atoms with Gasteiger partial charge < -0.3 is 5.11 Å². The first-order chi connectivity index (χ1) is 11.0. The highest BCUT2D eigenvalue weighted by Gasteiger charge is 2.21. The fraction of sp³-hybridized carbons (Fsp3) is 0.190. The molecule has 0 aliphatic carbocycles. The molecular weight excluding hydrogens is 284 g/mol. The summed E-state index contributed by atoms with van der Waals surface area (Å²) in [6.45, 7) is 3.02. The molecule has 0 heterocycles. The molecule has 1 N–H and O–H groups in total. The van der Waals surface area contributed by atoms with Crippen LogP contribution >= 0.6 is 0 Å². The van der Waals surface area contributed by atoms with Crippen molar-refractivity contribution >= 4 is 11.4 Å². The Hall–Kier alpha value is -2.45. The maximum Gasteiger partial charge on any atom is 0.167 e. The lowest BCUT2D eigenvalue weighted by Crippen LogP contribution is -2.30. The molecule has 2 heteroatoms. The highest BCUT2D eigenvalue weighted by atomic mass is 16.3. The van der Waals surface area contributed by atoms with Gasteiger partial charge in [0.1, 0.15) is 5.60 Å². The second kappa shape index (κ2) is 7.70. The van der Waals surface area contributed by atoms with E-state index in [2.05, 4.69) is 24.3 Å². The molecule has 0 aromatic heterocycles. The molecule has 0 bridgehead atoms. The molecule has 0 fully saturated rings. The van der Waals surface area contributed by atoms with Gasteiger partial charge in [-0.2, -0.15) is 0 Å². The van der Waals surface area contributed by atoms with Crippen molar-refractivity contribution in [3.8, 4) is 0 Å². The van der Waals surface area contributed by atoms with Crippen LogP contribution in [0.5, 0.6) is 0 Å². The fourth-order valence-electron chi connectivity index (χ4n) is 2.18. The lowest BCUT2D eigenvalue weighted by atomic mass is 9.97. The van der Waals surface area contributed by atoms with Crippen LogP contribution in [0, 0.1) is 0 Å². The smallest absolute Gasteiger partial charge is 0.167 e. The summed E-state index contributed by atoms with van der Waals surface area (Å²) in [5.74, 6) is -0.192. The van der Waals surface area contributed by atoms with E-state index in [4.69, 9.17) is 0 Å². The zero-order valence-electron chi connectivity index (χ0n) is 13.6. The Morgan fingerprint density at radius 1 is 0.957 bits per heavy atom. The number of rotatable bonds is 6. The van der Waals surface area contributed by atoms with Crippen LogP contribution in [0.4, 0.5) is 0 Å². The van der Waals surface area contributed by atoms with Crippen molar-refractivity contribution < 1.29 is 9.90 Å². The highest BCUT2D eigenvalue weighted by molar-refractivity contribution is 5.87. The third-order valence-corrected chi connectivity index (χ3v) is 3.55. The van der Waals surface area contributed by atoms with Crippen LogP contribution in [0.25, 0.3) is 5.57 Å². The number of hydrogen-bond acceptors (Lipinski definition) is 2. The maximum atomic E-state index is 11.7. The molecular formula is C21H22O2. The topological polar surface area (TPSA) is 37.3 Å². The largest absolute Gasteiger partial charge is 0.383 e. The van der Waals surface area contributed by atoms with Crippen molar-refractivity contribution in [2.24, 2.45) is 0 Å². The molecule has 0 spiro atoms. The maximum absolute atomic E-state index is 11.7. The molecule has 0 aliphatic rings. The molecule has 0 radical (unpaired) electrons. The van der Waals surface area contributed by atoms with Crippen molar-refractivity contribution in [1.82, 2.24) is 0 Å². The number of carbonyl (C=O) groups is 1. The minimum Gasteiger partial charge on any atom is -0.383 e. The summed E-state index contributed by atoms with van der Waals surface area (Å²) < 4.78 is 0. The molecule has 0 atom stereocenters. The van der Waals surface area contributed by atoms with Gasteiger partial charge in [-0.15, -0.1) is 0 Å². The average Bonchev–Trinajstić information content (AvgIpc) is 2.55. The SMILES string of the molecule is CC(C)(O)C(=O)C/C=C/C=C(c1ccccc1)c1ccccc1. The van der Waals surface area contributed by atoms with Gasteiger partial charge >= 0.3 is 0 Å². The van der Waals surface area contributed by atoms with Crippen LogP contribution in [0.3, 0.4) is 0 Å². The normalized spacial score (nSPS) is 11.4. The quantitative estimate of drug-likeness (QED) is 0.803. The van der Waals surface area contributed by atoms with Crippen molar-refractivity contribution in [3.63, 3.8) is 0 Å². The molecule has 0 saturated carbocycles. The van der Waals surface area contributed by atoms with E-state index in [0.717, 1.165) is 16.7 Å². The van der Waals surface area contributed by atoms with Gasteiger partial charge in [-0.1, -0.05) is 78.9 Å². The minimum atomic E-state index is -1.28. The van der Waals surface area contributed by atoms with E-state index in [1.54, 1.807) is 6.08 Å². The van der Waals surface area contributed by atoms with E-state index in [-0.39, 0.29) is 12.2 Å². The Kier molecular flexibility index (Phi) is 5.67. The number of hydrogen-bond donors (Lipinski definition) is 1. The molecule has 2 aromatic carbocycles. The monoisotopic (exact) mass is 306 g/mol. The summed E-state index contributed by atoms with van der Waals surface area (Å²) in [7, 11) is 0. The van der Waals surface area contributed by atoms with Gasteiger partial charge in [0, 0.05) is 6.42 Å². The second-order valence-electron chi connectivity index (χ2n) is 5.93. The summed E-state index contributed by atoms with van der Waals surface area (Å²) >= 11 is 0. The van der Waals surface area contributed by atoms with Gasteiger partial charge in [0.25, 0.3) is 0 Å². The van der Waals surface area contributed by atoms with Crippen LogP contribution < -0.4 is 0 Å². The van der Waals surface area contributed by atoms with Gasteiger partial charge in [0.2, 0.25) is 0 Å². The van der Waals surface area contributed by atoms with Gasteiger partial charge in [0.05, 0.1) is 0 Å². The summed E-state index contributed by atoms with van der Waals surface area (Å²) in [5.41, 5.74) is 2.06. The van der Waals surface area contributed by atoms with Crippen molar-refractivity contribution in [1.29, 1.82) is 0 Å². The third-order valence-electron chi connectivity index (χ3n) is 3.55. The van der Waals surface area contributed by atoms with E-state index in [1.165, 1.54) is 13.8 Å². The van der Waals surface area contributed by atoms with E-state index in [1.807, 2.05) is 48.6 Å². The van der Waals surface area contributed by atoms with Crippen molar-refractivity contribution in [2.45, 2.75) is 25.9 Å². The number of benzene rings is 2.